The average Bonchev–Trinajstić information content (AvgIpc) is 2.36. The molecule has 0 aliphatic rings. The molecule has 0 saturated heterocycles. The lowest BCUT2D eigenvalue weighted by molar-refractivity contribution is -0.128. The minimum atomic E-state index is -1.55. The van der Waals surface area contributed by atoms with E-state index in [4.69, 9.17) is 11.5 Å². The van der Waals surface area contributed by atoms with E-state index in [0.717, 1.165) is 0 Å². The molecule has 0 bridgehead atoms. The Morgan fingerprint density at radius 3 is 2.26 bits per heavy atom. The third-order valence-corrected chi connectivity index (χ3v) is 2.32. The van der Waals surface area contributed by atoms with Crippen LogP contribution in [-0.4, -0.2) is 28.9 Å². The van der Waals surface area contributed by atoms with Crippen LogP contribution in [0.1, 0.15) is 18.7 Å². The number of nitrogens with one attached hydrogen (secondary N) is 2. The van der Waals surface area contributed by atoms with Crippen LogP contribution in [0.25, 0.3) is 0 Å². The van der Waals surface area contributed by atoms with Gasteiger partial charge in [-0.25, -0.2) is 4.79 Å². The zero-order valence-corrected chi connectivity index (χ0v) is 10.3. The third kappa shape index (κ3) is 4.26. The van der Waals surface area contributed by atoms with Crippen LogP contribution in [0.5, 0.6) is 0 Å². The van der Waals surface area contributed by atoms with Gasteiger partial charge in [0.1, 0.15) is 0 Å². The molecule has 0 aromatic carbocycles. The van der Waals surface area contributed by atoms with Crippen molar-refractivity contribution in [1.82, 2.24) is 15.6 Å². The monoisotopic (exact) mass is 265 g/mol. The number of nitrogens with two attached hydrogens (primary N) is 2. The first kappa shape index (κ1) is 14.4. The first-order valence-corrected chi connectivity index (χ1v) is 5.48. The number of pyridine rings is 1. The molecule has 8 nitrogen and oxygen atoms in total. The fraction of sp³-hybridized carbons (Fsp3) is 0.273. The minimum absolute atomic E-state index is 0.400. The van der Waals surface area contributed by atoms with E-state index in [0.29, 0.717) is 5.69 Å². The average molecular weight is 265 g/mol. The molecule has 4 amide bonds. The highest BCUT2D eigenvalue weighted by Gasteiger charge is 2.24. The number of carbonyl (C=O) groups excluding carboxylic acids is 3. The number of hydrogen-bond acceptors (Lipinski definition) is 4. The summed E-state index contributed by atoms with van der Waals surface area (Å²) >= 11 is 0. The van der Waals surface area contributed by atoms with Gasteiger partial charge in [-0.05, 0) is 19.1 Å². The number of nitrogens with zero attached hydrogens (tertiary/aromatic N) is 1. The van der Waals surface area contributed by atoms with Gasteiger partial charge in [-0.1, -0.05) is 6.07 Å². The SMILES string of the molecule is C[C@H](NC(=O)NC(C(N)=O)C(N)=O)c1ccccn1. The van der Waals surface area contributed by atoms with Crippen molar-refractivity contribution in [2.45, 2.75) is 19.0 Å². The largest absolute Gasteiger partial charge is 0.367 e. The van der Waals surface area contributed by atoms with Crippen LogP contribution in [0.3, 0.4) is 0 Å². The van der Waals surface area contributed by atoms with Gasteiger partial charge in [0.15, 0.2) is 6.04 Å². The van der Waals surface area contributed by atoms with Gasteiger partial charge in [-0.3, -0.25) is 14.6 Å². The molecule has 1 aromatic rings. The predicted molar refractivity (Wildman–Crippen MR) is 66.5 cm³/mol. The summed E-state index contributed by atoms with van der Waals surface area (Å²) in [5.74, 6) is -2.04. The van der Waals surface area contributed by atoms with E-state index >= 15 is 0 Å². The molecular weight excluding hydrogens is 250 g/mol. The number of amides is 4. The smallest absolute Gasteiger partial charge is 0.316 e. The van der Waals surface area contributed by atoms with Crippen molar-refractivity contribution in [2.24, 2.45) is 11.5 Å². The molecule has 0 aliphatic heterocycles. The van der Waals surface area contributed by atoms with Gasteiger partial charge in [0, 0.05) is 6.20 Å². The molecule has 0 spiro atoms. The minimum Gasteiger partial charge on any atom is -0.367 e. The molecular formula is C11H15N5O3. The molecule has 102 valence electrons. The van der Waals surface area contributed by atoms with Gasteiger partial charge in [0.05, 0.1) is 11.7 Å². The molecule has 1 rings (SSSR count). The van der Waals surface area contributed by atoms with Gasteiger partial charge < -0.3 is 22.1 Å². The van der Waals surface area contributed by atoms with Crippen LogP contribution in [0, 0.1) is 0 Å². The first-order chi connectivity index (χ1) is 8.91. The highest BCUT2D eigenvalue weighted by Crippen LogP contribution is 2.07. The van der Waals surface area contributed by atoms with Crippen LogP contribution in [-0.2, 0) is 9.59 Å². The van der Waals surface area contributed by atoms with Crippen molar-refractivity contribution in [3.05, 3.63) is 30.1 Å². The van der Waals surface area contributed by atoms with Crippen molar-refractivity contribution < 1.29 is 14.4 Å². The topological polar surface area (TPSA) is 140 Å². The summed E-state index contributed by atoms with van der Waals surface area (Å²) in [6.07, 6.45) is 1.58. The molecule has 6 N–H and O–H groups in total. The van der Waals surface area contributed by atoms with E-state index in [2.05, 4.69) is 15.6 Å². The molecule has 19 heavy (non-hydrogen) atoms. The molecule has 1 atom stereocenters. The number of carbonyl (C=O) groups is 3. The summed E-state index contributed by atoms with van der Waals surface area (Å²) < 4.78 is 0. The van der Waals surface area contributed by atoms with Gasteiger partial charge in [0.2, 0.25) is 11.8 Å². The molecule has 8 heteroatoms. The van der Waals surface area contributed by atoms with Gasteiger partial charge >= 0.3 is 6.03 Å². The van der Waals surface area contributed by atoms with Crippen molar-refractivity contribution in [2.75, 3.05) is 0 Å². The second kappa shape index (κ2) is 6.34. The second-order valence-corrected chi connectivity index (χ2v) is 3.83. The molecule has 1 aromatic heterocycles. The number of rotatable bonds is 5. The lowest BCUT2D eigenvalue weighted by atomic mass is 10.2. The lowest BCUT2D eigenvalue weighted by Crippen LogP contribution is -2.55. The highest BCUT2D eigenvalue weighted by molar-refractivity contribution is 6.05. The Morgan fingerprint density at radius 2 is 1.79 bits per heavy atom. The van der Waals surface area contributed by atoms with E-state index in [1.165, 1.54) is 0 Å². The van der Waals surface area contributed by atoms with Crippen LogP contribution < -0.4 is 22.1 Å². The summed E-state index contributed by atoms with van der Waals surface area (Å²) in [6, 6.07) is 2.56. The normalized spacial score (nSPS) is 11.7. The standard InChI is InChI=1S/C11H15N5O3/c1-6(7-4-2-3-5-14-7)15-11(19)16-8(9(12)17)10(13)18/h2-6,8H,1H3,(H2,12,17)(H2,13,18)(H2,15,16,19)/t6-/m0/s1. The molecule has 0 radical (unpaired) electrons. The predicted octanol–water partition coefficient (Wildman–Crippen LogP) is -1.22. The van der Waals surface area contributed by atoms with Crippen molar-refractivity contribution in [1.29, 1.82) is 0 Å². The zero-order valence-electron chi connectivity index (χ0n) is 10.3. The van der Waals surface area contributed by atoms with E-state index in [-0.39, 0.29) is 0 Å². The van der Waals surface area contributed by atoms with E-state index in [1.54, 1.807) is 31.3 Å². The Morgan fingerprint density at radius 1 is 1.16 bits per heavy atom. The summed E-state index contributed by atoms with van der Waals surface area (Å²) in [5.41, 5.74) is 10.5. The lowest BCUT2D eigenvalue weighted by Gasteiger charge is -2.16. The van der Waals surface area contributed by atoms with Crippen molar-refractivity contribution >= 4 is 17.8 Å². The Hall–Kier alpha value is -2.64. The summed E-state index contributed by atoms with van der Waals surface area (Å²) in [5, 5.41) is 4.60. The first-order valence-electron chi connectivity index (χ1n) is 5.48. The van der Waals surface area contributed by atoms with Crippen LogP contribution in [0.4, 0.5) is 4.79 Å². The Bertz CT molecular complexity index is 462. The molecule has 0 unspecified atom stereocenters. The number of aromatic nitrogens is 1. The Kier molecular flexibility index (Phi) is 4.81. The summed E-state index contributed by atoms with van der Waals surface area (Å²) in [7, 11) is 0. The summed E-state index contributed by atoms with van der Waals surface area (Å²) in [4.78, 5) is 37.4. The van der Waals surface area contributed by atoms with Gasteiger partial charge in [-0.2, -0.15) is 0 Å². The fourth-order valence-electron chi connectivity index (χ4n) is 1.36. The van der Waals surface area contributed by atoms with Gasteiger partial charge in [0.25, 0.3) is 0 Å². The fourth-order valence-corrected chi connectivity index (χ4v) is 1.36. The molecule has 0 saturated carbocycles. The van der Waals surface area contributed by atoms with E-state index < -0.39 is 29.9 Å². The van der Waals surface area contributed by atoms with Crippen molar-refractivity contribution in [3.8, 4) is 0 Å². The maximum absolute atomic E-state index is 11.6. The Balaban J connectivity index is 2.60. The molecule has 1 heterocycles. The zero-order chi connectivity index (χ0) is 14.4. The van der Waals surface area contributed by atoms with E-state index in [9.17, 15) is 14.4 Å². The third-order valence-electron chi connectivity index (χ3n) is 2.32. The molecule has 0 aliphatic carbocycles. The number of primary amides is 2. The Labute approximate surface area is 109 Å². The highest BCUT2D eigenvalue weighted by atomic mass is 16.2. The van der Waals surface area contributed by atoms with Crippen molar-refractivity contribution in [3.63, 3.8) is 0 Å². The number of urea groups is 1. The maximum atomic E-state index is 11.6. The number of hydrogen-bond donors (Lipinski definition) is 4. The van der Waals surface area contributed by atoms with Gasteiger partial charge in [-0.15, -0.1) is 0 Å². The summed E-state index contributed by atoms with van der Waals surface area (Å²) in [6.45, 7) is 1.70. The van der Waals surface area contributed by atoms with E-state index in [1.807, 2.05) is 0 Å². The van der Waals surface area contributed by atoms with Crippen LogP contribution in [0.15, 0.2) is 24.4 Å². The van der Waals surface area contributed by atoms with Crippen LogP contribution in [0.2, 0.25) is 0 Å². The quantitative estimate of drug-likeness (QED) is 0.495. The maximum Gasteiger partial charge on any atom is 0.316 e. The second-order valence-electron chi connectivity index (χ2n) is 3.83. The van der Waals surface area contributed by atoms with Crippen LogP contribution >= 0.6 is 0 Å². The molecule has 0 fully saturated rings.